The quantitative estimate of drug-likeness (QED) is 0.458. The summed E-state index contributed by atoms with van der Waals surface area (Å²) in [7, 11) is 0. The highest BCUT2D eigenvalue weighted by Gasteiger charge is -0.151. The van der Waals surface area contributed by atoms with Crippen LogP contribution in [0.2, 0.25) is 0 Å². The zero-order chi connectivity index (χ0) is 0. The van der Waals surface area contributed by atoms with Crippen molar-refractivity contribution in [3.63, 3.8) is 0 Å². The predicted octanol–water partition coefficient (Wildman–Crippen LogP) is 0.632. The Labute approximate surface area is 44.8 Å². The largest absolute Gasteiger partial charge is 0.269 e. The molecule has 0 aliphatic rings. The molecule has 0 bridgehead atoms. The molecule has 0 aromatic carbocycles. The average molecular weight is 162 g/mol. The smallest absolute Gasteiger partial charge is 0.153 e. The molecule has 6 heavy (non-hydrogen) atoms. The summed E-state index contributed by atoms with van der Waals surface area (Å²) >= 11 is 0. The SMILES string of the molecule is F.F.F.P.P.P. The fourth-order valence-corrected chi connectivity index (χ4v) is 0. The fraction of sp³-hybridized carbons (Fsp3) is 0. The Hall–Kier alpha value is 1.08. The summed E-state index contributed by atoms with van der Waals surface area (Å²) in [6, 6.07) is 0. The zero-order valence-corrected chi connectivity index (χ0v) is 7.59. The van der Waals surface area contributed by atoms with Gasteiger partial charge in [0.2, 0.25) is 0 Å². The van der Waals surface area contributed by atoms with Gasteiger partial charge in [-0.1, -0.05) is 0 Å². The van der Waals surface area contributed by atoms with E-state index in [9.17, 15) is 0 Å². The van der Waals surface area contributed by atoms with Crippen molar-refractivity contribution in [2.24, 2.45) is 0 Å². The number of hydrogen-bond donors (Lipinski definition) is 0. The highest BCUT2D eigenvalue weighted by Crippen LogP contribution is 0.863. The lowest BCUT2D eigenvalue weighted by Crippen LogP contribution is 0.419. The van der Waals surface area contributed by atoms with Gasteiger partial charge in [0.15, 0.2) is 0 Å². The molecule has 6 heteroatoms. The van der Waals surface area contributed by atoms with Crippen LogP contribution in [0.25, 0.3) is 0 Å². The Morgan fingerprint density at radius 3 is 0.333 bits per heavy atom. The van der Waals surface area contributed by atoms with Crippen LogP contribution in [0.1, 0.15) is 0 Å². The summed E-state index contributed by atoms with van der Waals surface area (Å²) < 4.78 is 0. The third-order valence-electron chi connectivity index (χ3n) is 0. The highest BCUT2D eigenvalue weighted by molar-refractivity contribution is 6.92. The van der Waals surface area contributed by atoms with E-state index in [1.165, 1.54) is 0 Å². The molecule has 0 spiro atoms. The van der Waals surface area contributed by atoms with Gasteiger partial charge in [0.25, 0.3) is 0 Å². The maximum Gasteiger partial charge on any atom is -0.153 e. The van der Waals surface area contributed by atoms with E-state index in [0.29, 0.717) is 0 Å². The van der Waals surface area contributed by atoms with Crippen molar-refractivity contribution < 1.29 is 14.1 Å². The summed E-state index contributed by atoms with van der Waals surface area (Å²) in [5.74, 6) is 0. The van der Waals surface area contributed by atoms with Crippen molar-refractivity contribution in [2.75, 3.05) is 0 Å². The van der Waals surface area contributed by atoms with E-state index in [0.717, 1.165) is 0 Å². The second-order valence-corrected chi connectivity index (χ2v) is 0. The third kappa shape index (κ3) is 72.5. The molecule has 3 atom stereocenters. The third-order valence-corrected chi connectivity index (χ3v) is 0. The first-order valence-corrected chi connectivity index (χ1v) is 0. The minimum atomic E-state index is 0. The van der Waals surface area contributed by atoms with Gasteiger partial charge in [-0.05, 0) is 0 Å². The molecule has 0 heterocycles. The van der Waals surface area contributed by atoms with E-state index in [4.69, 9.17) is 0 Å². The van der Waals surface area contributed by atoms with Gasteiger partial charge in [-0.2, -0.15) is 29.7 Å². The summed E-state index contributed by atoms with van der Waals surface area (Å²) in [5, 5.41) is 0. The van der Waals surface area contributed by atoms with Crippen LogP contribution in [0, 0.1) is 0 Å². The number of hydrogen-bond acceptors (Lipinski definition) is 0. The first-order chi connectivity index (χ1) is 0. The van der Waals surface area contributed by atoms with Crippen molar-refractivity contribution >= 4 is 29.7 Å². The molecule has 0 aliphatic heterocycles. The Morgan fingerprint density at radius 1 is 0.333 bits per heavy atom. The second kappa shape index (κ2) is 135. The molecule has 0 aromatic rings. The van der Waals surface area contributed by atoms with E-state index >= 15 is 0 Å². The van der Waals surface area contributed by atoms with Crippen LogP contribution in [-0.4, -0.2) is 0 Å². The van der Waals surface area contributed by atoms with Gasteiger partial charge in [-0.25, -0.2) is 0 Å². The van der Waals surface area contributed by atoms with E-state index in [1.807, 2.05) is 0 Å². The predicted molar refractivity (Wildman–Crippen MR) is 40.8 cm³/mol. The molecule has 0 rings (SSSR count). The van der Waals surface area contributed by atoms with Crippen molar-refractivity contribution in [3.05, 3.63) is 0 Å². The van der Waals surface area contributed by atoms with Gasteiger partial charge in [-0.15, -0.1) is 0 Å². The van der Waals surface area contributed by atoms with E-state index < -0.39 is 0 Å². The lowest BCUT2D eigenvalue weighted by molar-refractivity contribution is 1.11. The molecule has 0 saturated carbocycles. The first kappa shape index (κ1) is 224. The Morgan fingerprint density at radius 2 is 0.333 bits per heavy atom. The van der Waals surface area contributed by atoms with Gasteiger partial charge in [0.05, 0.1) is 0 Å². The van der Waals surface area contributed by atoms with Crippen molar-refractivity contribution in [1.29, 1.82) is 0 Å². The second-order valence-electron chi connectivity index (χ2n) is 0. The molecule has 0 radical (unpaired) electrons. The summed E-state index contributed by atoms with van der Waals surface area (Å²) in [5.41, 5.74) is 0. The molecule has 0 aliphatic carbocycles. The zero-order valence-electron chi connectivity index (χ0n) is 3.35. The molecule has 0 saturated heterocycles. The Balaban J connectivity index is 0. The van der Waals surface area contributed by atoms with E-state index in [-0.39, 0.29) is 43.8 Å². The molecule has 0 N–H and O–H groups in total. The van der Waals surface area contributed by atoms with Crippen LogP contribution in [0.4, 0.5) is 14.1 Å². The van der Waals surface area contributed by atoms with Crippen molar-refractivity contribution in [3.8, 4) is 0 Å². The first-order valence-electron chi connectivity index (χ1n) is 0. The van der Waals surface area contributed by atoms with Gasteiger partial charge in [-0.3, -0.25) is 14.1 Å². The minimum absolute atomic E-state index is 0. The van der Waals surface area contributed by atoms with Crippen molar-refractivity contribution in [2.45, 2.75) is 0 Å². The summed E-state index contributed by atoms with van der Waals surface area (Å²) in [6.07, 6.45) is 0. The van der Waals surface area contributed by atoms with Crippen LogP contribution in [0.3, 0.4) is 0 Å². The molecular weight excluding hydrogens is 150 g/mol. The van der Waals surface area contributed by atoms with Gasteiger partial charge in [0, 0.05) is 0 Å². The van der Waals surface area contributed by atoms with Crippen LogP contribution < -0.4 is 0 Å². The summed E-state index contributed by atoms with van der Waals surface area (Å²) in [4.78, 5) is 0. The minimum Gasteiger partial charge on any atom is -0.269 e. The van der Waals surface area contributed by atoms with E-state index in [1.54, 1.807) is 0 Å². The Bertz CT molecular complexity index is 6.00. The van der Waals surface area contributed by atoms with Crippen LogP contribution in [0.15, 0.2) is 0 Å². The molecule has 48 valence electrons. The topological polar surface area (TPSA) is 0 Å². The molecule has 3 unspecified atom stereocenters. The fourth-order valence-electron chi connectivity index (χ4n) is 0. The lowest BCUT2D eigenvalue weighted by Gasteiger charge is -0.270. The molecule has 0 aromatic heterocycles. The summed E-state index contributed by atoms with van der Waals surface area (Å²) in [6.45, 7) is 0. The van der Waals surface area contributed by atoms with Gasteiger partial charge >= 0.3 is 0 Å². The molecule has 0 amide bonds. The number of rotatable bonds is 0. The molecule has 0 nitrogen and oxygen atoms in total. The van der Waals surface area contributed by atoms with Crippen LogP contribution >= 0.6 is 29.7 Å². The molecule has 0 fully saturated rings. The normalized spacial score (nSPS) is 0. The van der Waals surface area contributed by atoms with Crippen LogP contribution in [0.5, 0.6) is 0 Å². The maximum absolute atomic E-state index is 0. The monoisotopic (exact) mass is 162 g/mol. The lowest BCUT2D eigenvalue weighted by atomic mass is 19.0. The average Bonchev–Trinajstić information content (AvgIpc) is 0. The van der Waals surface area contributed by atoms with Crippen molar-refractivity contribution in [1.82, 2.24) is 0 Å². The Kier molecular flexibility index (Phi) is 5030. The number of halogens is 3. The van der Waals surface area contributed by atoms with Gasteiger partial charge < -0.3 is 0 Å². The van der Waals surface area contributed by atoms with Crippen LogP contribution in [-0.2, 0) is 0 Å². The highest BCUT2D eigenvalue weighted by atomic mass is 31.0. The maximum atomic E-state index is 0. The standard InChI is InChI=1S/3FH.3H3P/h3*1H;3*1H3. The van der Waals surface area contributed by atoms with E-state index in [2.05, 4.69) is 0 Å². The van der Waals surface area contributed by atoms with Gasteiger partial charge in [0.1, 0.15) is 0 Å². The molecular formula is H12F3P3.